The fourth-order valence-electron chi connectivity index (χ4n) is 8.25. The predicted octanol–water partition coefficient (Wildman–Crippen LogP) is 5.35. The molecule has 0 radical (unpaired) electrons. The number of anilines is 1. The van der Waals surface area contributed by atoms with Gasteiger partial charge in [0.25, 0.3) is 0 Å². The van der Waals surface area contributed by atoms with Crippen molar-refractivity contribution in [1.82, 2.24) is 0 Å². The fraction of sp³-hybridized carbons (Fsp3) is 0.562. The molecule has 1 N–H and O–H groups in total. The monoisotopic (exact) mass is 548 g/mol. The van der Waals surface area contributed by atoms with Crippen LogP contribution >= 0.6 is 0 Å². The average Bonchev–Trinajstić information content (AvgIpc) is 3.22. The van der Waals surface area contributed by atoms with E-state index in [9.17, 15) is 19.6 Å². The molecule has 1 aromatic rings. The maximum absolute atomic E-state index is 13.9. The van der Waals surface area contributed by atoms with Gasteiger partial charge in [0.2, 0.25) is 5.78 Å². The molecular weight excluding hydrogens is 508 g/mol. The number of benzene rings is 1. The molecule has 214 valence electrons. The standard InChI is InChI=1S/C32H40N2O6/c1-19(35)39-18-29(37)32(40-20(2)36)15-14-28-26-12-8-22-16-23(33-38)9-13-25(22)30(26)27(17-31(28,32)3)21-6-10-24(11-7-21)34(4)5/h6-7,10-11,16,26-28,38H,8-9,12-15,17-18H2,1-5H3/t26-,27+,28-,31-,32-/m0/s1. The van der Waals surface area contributed by atoms with Gasteiger partial charge >= 0.3 is 11.9 Å². The molecule has 0 saturated heterocycles. The lowest BCUT2D eigenvalue weighted by molar-refractivity contribution is -0.186. The third-order valence-corrected chi connectivity index (χ3v) is 9.99. The van der Waals surface area contributed by atoms with Crippen LogP contribution < -0.4 is 4.90 Å². The zero-order chi connectivity index (χ0) is 28.8. The summed E-state index contributed by atoms with van der Waals surface area (Å²) >= 11 is 0. The lowest BCUT2D eigenvalue weighted by atomic mass is 9.50. The predicted molar refractivity (Wildman–Crippen MR) is 151 cm³/mol. The normalized spacial score (nSPS) is 32.0. The topological polar surface area (TPSA) is 106 Å². The zero-order valence-electron chi connectivity index (χ0n) is 24.2. The van der Waals surface area contributed by atoms with Gasteiger partial charge in [-0.2, -0.15) is 0 Å². The van der Waals surface area contributed by atoms with Crippen molar-refractivity contribution >= 4 is 29.1 Å². The second-order valence-corrected chi connectivity index (χ2v) is 12.3. The van der Waals surface area contributed by atoms with Crippen LogP contribution in [0.5, 0.6) is 0 Å². The van der Waals surface area contributed by atoms with E-state index >= 15 is 0 Å². The number of ketones is 1. The Morgan fingerprint density at radius 2 is 1.77 bits per heavy atom. The van der Waals surface area contributed by atoms with E-state index in [1.165, 1.54) is 36.1 Å². The van der Waals surface area contributed by atoms with E-state index < -0.39 is 29.6 Å². The summed E-state index contributed by atoms with van der Waals surface area (Å²) in [6.45, 7) is 4.35. The molecule has 0 heterocycles. The summed E-state index contributed by atoms with van der Waals surface area (Å²) in [6.07, 6.45) is 7.18. The number of rotatable bonds is 6. The number of hydrogen-bond acceptors (Lipinski definition) is 8. The Labute approximate surface area is 236 Å². The molecule has 1 aromatic carbocycles. The van der Waals surface area contributed by atoms with E-state index in [0.717, 1.165) is 37.1 Å². The van der Waals surface area contributed by atoms with Gasteiger partial charge in [-0.05, 0) is 91.7 Å². The quantitative estimate of drug-likeness (QED) is 0.290. The van der Waals surface area contributed by atoms with E-state index in [-0.39, 0.29) is 23.5 Å². The second-order valence-electron chi connectivity index (χ2n) is 12.3. The minimum absolute atomic E-state index is 0.0309. The fourth-order valence-corrected chi connectivity index (χ4v) is 8.25. The van der Waals surface area contributed by atoms with Gasteiger partial charge in [-0.1, -0.05) is 29.8 Å². The molecule has 5 rings (SSSR count). The van der Waals surface area contributed by atoms with Crippen molar-refractivity contribution in [3.63, 3.8) is 0 Å². The molecule has 4 aliphatic carbocycles. The molecule has 40 heavy (non-hydrogen) atoms. The summed E-state index contributed by atoms with van der Waals surface area (Å²) in [7, 11) is 4.03. The first-order valence-electron chi connectivity index (χ1n) is 14.3. The maximum atomic E-state index is 13.9. The van der Waals surface area contributed by atoms with Gasteiger partial charge in [0.1, 0.15) is 0 Å². The summed E-state index contributed by atoms with van der Waals surface area (Å²) in [5, 5.41) is 12.9. The number of nitrogens with zero attached hydrogens (tertiary/aromatic N) is 2. The van der Waals surface area contributed by atoms with Crippen molar-refractivity contribution in [2.24, 2.45) is 22.4 Å². The summed E-state index contributed by atoms with van der Waals surface area (Å²) in [6, 6.07) is 8.61. The number of carbonyl (C=O) groups excluding carboxylic acids is 3. The first kappa shape index (κ1) is 28.1. The lowest BCUT2D eigenvalue weighted by Gasteiger charge is -2.55. The summed E-state index contributed by atoms with van der Waals surface area (Å²) in [5.41, 5.74) is 5.06. The molecule has 8 nitrogen and oxygen atoms in total. The van der Waals surface area contributed by atoms with Crippen LogP contribution in [0, 0.1) is 17.3 Å². The molecule has 0 spiro atoms. The van der Waals surface area contributed by atoms with Crippen LogP contribution in [-0.2, 0) is 23.9 Å². The number of ether oxygens (including phenoxy) is 2. The summed E-state index contributed by atoms with van der Waals surface area (Å²) in [4.78, 5) is 40.1. The Kier molecular flexibility index (Phi) is 7.40. The van der Waals surface area contributed by atoms with E-state index in [2.05, 4.69) is 41.2 Å². The van der Waals surface area contributed by atoms with E-state index in [1.54, 1.807) is 0 Å². The number of oxime groups is 1. The highest BCUT2D eigenvalue weighted by Crippen LogP contribution is 2.67. The number of esters is 2. The van der Waals surface area contributed by atoms with Gasteiger partial charge in [0.15, 0.2) is 12.2 Å². The van der Waals surface area contributed by atoms with Gasteiger partial charge in [0, 0.05) is 45.0 Å². The molecular formula is C32H40N2O6. The Bertz CT molecular complexity index is 1310. The van der Waals surface area contributed by atoms with Crippen LogP contribution in [0.3, 0.4) is 0 Å². The van der Waals surface area contributed by atoms with Crippen LogP contribution in [0.4, 0.5) is 5.69 Å². The largest absolute Gasteiger partial charge is 0.458 e. The molecule has 5 atom stereocenters. The van der Waals surface area contributed by atoms with E-state index in [1.807, 2.05) is 20.2 Å². The first-order chi connectivity index (χ1) is 19.0. The molecule has 0 bridgehead atoms. The van der Waals surface area contributed by atoms with Crippen molar-refractivity contribution in [3.05, 3.63) is 52.6 Å². The smallest absolute Gasteiger partial charge is 0.303 e. The summed E-state index contributed by atoms with van der Waals surface area (Å²) in [5.74, 6) is -0.957. The van der Waals surface area contributed by atoms with Crippen molar-refractivity contribution in [1.29, 1.82) is 0 Å². The van der Waals surface area contributed by atoms with Crippen LogP contribution in [0.1, 0.15) is 77.2 Å². The highest BCUT2D eigenvalue weighted by atomic mass is 16.6. The van der Waals surface area contributed by atoms with Gasteiger partial charge in [0.05, 0.1) is 5.71 Å². The second kappa shape index (κ2) is 10.5. The summed E-state index contributed by atoms with van der Waals surface area (Å²) < 4.78 is 11.2. The number of Topliss-reactive ketones (excluding diaryl/α,β-unsaturated/α-hetero) is 1. The highest BCUT2D eigenvalue weighted by Gasteiger charge is 2.68. The number of hydrogen-bond donors (Lipinski definition) is 1. The van der Waals surface area contributed by atoms with Crippen molar-refractivity contribution < 1.29 is 29.1 Å². The minimum Gasteiger partial charge on any atom is -0.458 e. The van der Waals surface area contributed by atoms with Gasteiger partial charge in [-0.3, -0.25) is 14.4 Å². The van der Waals surface area contributed by atoms with Gasteiger partial charge in [-0.25, -0.2) is 0 Å². The number of allylic oxidation sites excluding steroid dienone is 4. The van der Waals surface area contributed by atoms with E-state index in [4.69, 9.17) is 9.47 Å². The molecule has 0 unspecified atom stereocenters. The Morgan fingerprint density at radius 1 is 1.05 bits per heavy atom. The van der Waals surface area contributed by atoms with Crippen LogP contribution in [-0.4, -0.2) is 54.9 Å². The van der Waals surface area contributed by atoms with E-state index in [0.29, 0.717) is 19.3 Å². The van der Waals surface area contributed by atoms with Crippen LogP contribution in [0.2, 0.25) is 0 Å². The van der Waals surface area contributed by atoms with Crippen LogP contribution in [0.15, 0.2) is 52.2 Å². The first-order valence-corrected chi connectivity index (χ1v) is 14.3. The number of fused-ring (bicyclic) bond motifs is 4. The third-order valence-electron chi connectivity index (χ3n) is 9.99. The Hall–Kier alpha value is -3.42. The molecule has 4 aliphatic rings. The maximum Gasteiger partial charge on any atom is 0.303 e. The Morgan fingerprint density at radius 3 is 2.40 bits per heavy atom. The van der Waals surface area contributed by atoms with Crippen molar-refractivity contribution in [3.8, 4) is 0 Å². The highest BCUT2D eigenvalue weighted by molar-refractivity contribution is 5.97. The molecule has 0 aliphatic heterocycles. The zero-order valence-corrected chi connectivity index (χ0v) is 24.2. The molecule has 0 amide bonds. The van der Waals surface area contributed by atoms with Crippen LogP contribution in [0.25, 0.3) is 0 Å². The van der Waals surface area contributed by atoms with Crippen molar-refractivity contribution in [2.75, 3.05) is 25.6 Å². The van der Waals surface area contributed by atoms with Crippen molar-refractivity contribution in [2.45, 2.75) is 77.2 Å². The SMILES string of the molecule is CC(=O)OCC(=O)[C@@]1(OC(C)=O)CC[C@H]2[C@@H]3CCC4=CC(=NO)CCC4=C3[C@@H](c3ccc(N(C)C)cc3)C[C@@]21C. The molecule has 2 saturated carbocycles. The minimum atomic E-state index is -1.35. The molecule has 2 fully saturated rings. The third kappa shape index (κ3) is 4.55. The Balaban J connectivity index is 1.66. The van der Waals surface area contributed by atoms with Gasteiger partial charge in [-0.15, -0.1) is 0 Å². The molecule has 0 aromatic heterocycles. The van der Waals surface area contributed by atoms with Gasteiger partial charge < -0.3 is 19.6 Å². The lowest BCUT2D eigenvalue weighted by Crippen LogP contribution is -2.58. The molecule has 8 heteroatoms. The number of carbonyl (C=O) groups is 3. The average molecular weight is 549 g/mol.